The molecule has 1 saturated heterocycles. The number of rotatable bonds is 4. The van der Waals surface area contributed by atoms with Gasteiger partial charge in [-0.1, -0.05) is 48.5 Å². The summed E-state index contributed by atoms with van der Waals surface area (Å²) >= 11 is 0. The Kier molecular flexibility index (Phi) is 5.84. The third-order valence-corrected chi connectivity index (χ3v) is 5.49. The van der Waals surface area contributed by atoms with Crippen LogP contribution in [0.2, 0.25) is 0 Å². The Hall–Kier alpha value is -3.54. The van der Waals surface area contributed by atoms with Gasteiger partial charge in [-0.25, -0.2) is 4.79 Å². The number of anilines is 2. The first-order valence-corrected chi connectivity index (χ1v) is 10.2. The first-order chi connectivity index (χ1) is 14.6. The van der Waals surface area contributed by atoms with Crippen LogP contribution in [-0.4, -0.2) is 61.5 Å². The molecule has 4 rings (SSSR count). The highest BCUT2D eigenvalue weighted by Gasteiger charge is 2.24. The van der Waals surface area contributed by atoms with Crippen molar-refractivity contribution in [3.8, 4) is 0 Å². The molecule has 0 saturated carbocycles. The van der Waals surface area contributed by atoms with Gasteiger partial charge < -0.3 is 20.0 Å². The lowest BCUT2D eigenvalue weighted by Crippen LogP contribution is -2.53. The number of carbonyl (C=O) groups excluding carboxylic acids is 2. The van der Waals surface area contributed by atoms with Crippen LogP contribution in [0.3, 0.4) is 0 Å². The zero-order chi connectivity index (χ0) is 20.9. The van der Waals surface area contributed by atoms with Crippen LogP contribution < -0.4 is 10.2 Å². The fourth-order valence-electron chi connectivity index (χ4n) is 3.69. The number of piperazine rings is 1. The fraction of sp³-hybridized carbons (Fsp3) is 0.250. The molecule has 0 atom stereocenters. The van der Waals surface area contributed by atoms with Gasteiger partial charge in [0, 0.05) is 44.6 Å². The van der Waals surface area contributed by atoms with Gasteiger partial charge in [-0.3, -0.25) is 4.79 Å². The molecule has 30 heavy (non-hydrogen) atoms. The molecule has 1 aliphatic rings. The van der Waals surface area contributed by atoms with Crippen LogP contribution in [0, 0.1) is 0 Å². The van der Waals surface area contributed by atoms with E-state index in [-0.39, 0.29) is 11.9 Å². The minimum absolute atomic E-state index is 0.0776. The number of hydrogen-bond donors (Lipinski definition) is 1. The number of nitrogens with zero attached hydrogens (tertiary/aromatic N) is 3. The van der Waals surface area contributed by atoms with Gasteiger partial charge in [0.25, 0.3) is 0 Å². The molecule has 3 amide bonds. The average molecular weight is 402 g/mol. The van der Waals surface area contributed by atoms with E-state index in [0.29, 0.717) is 32.7 Å². The van der Waals surface area contributed by atoms with Crippen molar-refractivity contribution < 1.29 is 9.59 Å². The summed E-state index contributed by atoms with van der Waals surface area (Å²) in [6.45, 7) is 2.47. The number of para-hydroxylation sites is 1. The minimum Gasteiger partial charge on any atom is -0.365 e. The van der Waals surface area contributed by atoms with Crippen LogP contribution in [-0.2, 0) is 4.79 Å². The molecule has 0 spiro atoms. The summed E-state index contributed by atoms with van der Waals surface area (Å²) < 4.78 is 0. The number of hydrogen-bond acceptors (Lipinski definition) is 3. The van der Waals surface area contributed by atoms with Gasteiger partial charge in [0.1, 0.15) is 0 Å². The predicted octanol–water partition coefficient (Wildman–Crippen LogP) is 3.65. The van der Waals surface area contributed by atoms with Crippen LogP contribution in [0.15, 0.2) is 72.8 Å². The van der Waals surface area contributed by atoms with Crippen LogP contribution in [0.25, 0.3) is 10.8 Å². The van der Waals surface area contributed by atoms with Gasteiger partial charge in [0.05, 0.1) is 6.54 Å². The molecule has 1 aliphatic heterocycles. The Morgan fingerprint density at radius 3 is 2.20 bits per heavy atom. The van der Waals surface area contributed by atoms with Crippen molar-refractivity contribution in [1.29, 1.82) is 0 Å². The van der Waals surface area contributed by atoms with E-state index in [9.17, 15) is 9.59 Å². The Morgan fingerprint density at radius 2 is 1.47 bits per heavy atom. The van der Waals surface area contributed by atoms with Gasteiger partial charge in [-0.05, 0) is 35.0 Å². The standard InChI is InChI=1S/C24H26N4O2/c1-26(22-12-11-19-7-5-6-8-20(19)17-22)18-23(29)27-13-15-28(16-14-27)24(30)25-21-9-3-2-4-10-21/h2-12,17H,13-16,18H2,1H3,(H,25,30). The Morgan fingerprint density at radius 1 is 0.833 bits per heavy atom. The molecule has 0 radical (unpaired) electrons. The van der Waals surface area contributed by atoms with Crippen molar-refractivity contribution in [3.63, 3.8) is 0 Å². The molecule has 0 unspecified atom stereocenters. The normalized spacial score (nSPS) is 13.9. The third-order valence-electron chi connectivity index (χ3n) is 5.49. The molecular formula is C24H26N4O2. The van der Waals surface area contributed by atoms with Gasteiger partial charge in [0.2, 0.25) is 5.91 Å². The molecule has 154 valence electrons. The Bertz CT molecular complexity index is 1030. The number of nitrogens with one attached hydrogen (secondary N) is 1. The van der Waals surface area contributed by atoms with Crippen LogP contribution in [0.5, 0.6) is 0 Å². The maximum absolute atomic E-state index is 12.8. The molecule has 1 N–H and O–H groups in total. The van der Waals surface area contributed by atoms with Gasteiger partial charge in [0.15, 0.2) is 0 Å². The smallest absolute Gasteiger partial charge is 0.321 e. The lowest BCUT2D eigenvalue weighted by Gasteiger charge is -2.35. The van der Waals surface area contributed by atoms with E-state index < -0.39 is 0 Å². The molecule has 3 aromatic rings. The summed E-state index contributed by atoms with van der Waals surface area (Å²) in [6, 6.07) is 23.7. The zero-order valence-corrected chi connectivity index (χ0v) is 17.1. The highest BCUT2D eigenvalue weighted by Crippen LogP contribution is 2.21. The summed E-state index contributed by atoms with van der Waals surface area (Å²) in [7, 11) is 1.94. The number of carbonyl (C=O) groups is 2. The zero-order valence-electron chi connectivity index (χ0n) is 17.1. The second-order valence-corrected chi connectivity index (χ2v) is 7.55. The van der Waals surface area contributed by atoms with E-state index in [0.717, 1.165) is 16.8 Å². The van der Waals surface area contributed by atoms with Gasteiger partial charge >= 0.3 is 6.03 Å². The summed E-state index contributed by atoms with van der Waals surface area (Å²) in [4.78, 5) is 30.8. The molecule has 1 fully saturated rings. The highest BCUT2D eigenvalue weighted by molar-refractivity contribution is 5.90. The Labute approximate surface area is 176 Å². The molecule has 6 nitrogen and oxygen atoms in total. The van der Waals surface area contributed by atoms with Gasteiger partial charge in [-0.15, -0.1) is 0 Å². The van der Waals surface area contributed by atoms with E-state index in [1.807, 2.05) is 65.4 Å². The van der Waals surface area contributed by atoms with Crippen LogP contribution >= 0.6 is 0 Å². The molecule has 0 aliphatic carbocycles. The third kappa shape index (κ3) is 4.54. The summed E-state index contributed by atoms with van der Waals surface area (Å²) in [5, 5.41) is 5.24. The van der Waals surface area contributed by atoms with Crippen molar-refractivity contribution in [2.75, 3.05) is 50.0 Å². The lowest BCUT2D eigenvalue weighted by atomic mass is 10.1. The summed E-state index contributed by atoms with van der Waals surface area (Å²) in [5.74, 6) is 0.0776. The minimum atomic E-state index is -0.124. The predicted molar refractivity (Wildman–Crippen MR) is 121 cm³/mol. The lowest BCUT2D eigenvalue weighted by molar-refractivity contribution is -0.131. The largest absolute Gasteiger partial charge is 0.365 e. The van der Waals surface area contributed by atoms with Gasteiger partial charge in [-0.2, -0.15) is 0 Å². The average Bonchev–Trinajstić information content (AvgIpc) is 2.79. The number of benzene rings is 3. The van der Waals surface area contributed by atoms with Crippen LogP contribution in [0.4, 0.5) is 16.2 Å². The van der Waals surface area contributed by atoms with Crippen molar-refractivity contribution in [2.45, 2.75) is 0 Å². The van der Waals surface area contributed by atoms with Crippen molar-refractivity contribution >= 4 is 34.1 Å². The first kappa shape index (κ1) is 19.8. The quantitative estimate of drug-likeness (QED) is 0.725. The fourth-order valence-corrected chi connectivity index (χ4v) is 3.69. The second kappa shape index (κ2) is 8.86. The maximum Gasteiger partial charge on any atom is 0.321 e. The van der Waals surface area contributed by atoms with Crippen molar-refractivity contribution in [1.82, 2.24) is 9.80 Å². The monoisotopic (exact) mass is 402 g/mol. The number of urea groups is 1. The molecular weight excluding hydrogens is 376 g/mol. The van der Waals surface area contributed by atoms with E-state index >= 15 is 0 Å². The van der Waals surface area contributed by atoms with Crippen LogP contribution in [0.1, 0.15) is 0 Å². The van der Waals surface area contributed by atoms with Crippen molar-refractivity contribution in [2.24, 2.45) is 0 Å². The molecule has 0 bridgehead atoms. The van der Waals surface area contributed by atoms with E-state index in [4.69, 9.17) is 0 Å². The summed E-state index contributed by atoms with van der Waals surface area (Å²) in [5.41, 5.74) is 1.79. The number of fused-ring (bicyclic) bond motifs is 1. The van der Waals surface area contributed by atoms with E-state index in [1.54, 1.807) is 4.90 Å². The summed E-state index contributed by atoms with van der Waals surface area (Å²) in [6.07, 6.45) is 0. The number of amides is 3. The second-order valence-electron chi connectivity index (χ2n) is 7.55. The topological polar surface area (TPSA) is 55.9 Å². The maximum atomic E-state index is 12.8. The molecule has 0 aromatic heterocycles. The van der Waals surface area contributed by atoms with E-state index in [2.05, 4.69) is 29.6 Å². The Balaban J connectivity index is 1.30. The molecule has 1 heterocycles. The van der Waals surface area contributed by atoms with E-state index in [1.165, 1.54) is 5.39 Å². The highest BCUT2D eigenvalue weighted by atomic mass is 16.2. The first-order valence-electron chi connectivity index (χ1n) is 10.2. The molecule has 6 heteroatoms. The molecule has 3 aromatic carbocycles. The SMILES string of the molecule is CN(CC(=O)N1CCN(C(=O)Nc2ccccc2)CC1)c1ccc2ccccc2c1. The van der Waals surface area contributed by atoms with Crippen molar-refractivity contribution in [3.05, 3.63) is 72.8 Å². The number of likely N-dealkylation sites (N-methyl/N-ethyl adjacent to an activating group) is 1.